The van der Waals surface area contributed by atoms with Gasteiger partial charge < -0.3 is 5.73 Å². The Bertz CT molecular complexity index is 877. The zero-order chi connectivity index (χ0) is 19.1. The molecule has 3 unspecified atom stereocenters. The van der Waals surface area contributed by atoms with E-state index >= 15 is 0 Å². The average Bonchev–Trinajstić information content (AvgIpc) is 3.03. The Labute approximate surface area is 164 Å². The van der Waals surface area contributed by atoms with Crippen molar-refractivity contribution in [3.63, 3.8) is 0 Å². The van der Waals surface area contributed by atoms with E-state index in [0.29, 0.717) is 28.4 Å². The standard InChI is InChI=1S/C15H17Cl2N7O3/c1-23-6-8(12(21-23)13(18)25)7-3-2-4-9(11(7)17)24-26-15-14(22-27-24)20-10(16)5-19-15/h2-4,6,10,14-15,19-20,22H,5H2,1H3,(H2,18,25). The maximum atomic E-state index is 11.7. The number of hydroxylamine groups is 1. The van der Waals surface area contributed by atoms with Gasteiger partial charge in [-0.25, -0.2) is 4.84 Å². The Balaban J connectivity index is 1.64. The molecule has 144 valence electrons. The second-order valence-corrected chi connectivity index (χ2v) is 6.99. The highest BCUT2D eigenvalue weighted by Crippen LogP contribution is 2.38. The predicted octanol–water partition coefficient (Wildman–Crippen LogP) is 0.437. The number of halogens is 2. The third-order valence-electron chi connectivity index (χ3n) is 4.16. The highest BCUT2D eigenvalue weighted by atomic mass is 35.5. The lowest BCUT2D eigenvalue weighted by Gasteiger charge is -2.42. The molecule has 0 bridgehead atoms. The van der Waals surface area contributed by atoms with Crippen LogP contribution in [0.2, 0.25) is 5.02 Å². The van der Waals surface area contributed by atoms with Gasteiger partial charge in [-0.05, 0) is 6.07 Å². The number of rotatable bonds is 3. The number of primary amides is 1. The number of piperazine rings is 1. The Morgan fingerprint density at radius 3 is 3.00 bits per heavy atom. The van der Waals surface area contributed by atoms with Crippen molar-refractivity contribution in [3.8, 4) is 11.1 Å². The number of anilines is 1. The summed E-state index contributed by atoms with van der Waals surface area (Å²) in [5.41, 5.74) is 9.64. The van der Waals surface area contributed by atoms with Gasteiger partial charge in [-0.2, -0.15) is 15.5 Å². The molecule has 12 heteroatoms. The minimum absolute atomic E-state index is 0.126. The van der Waals surface area contributed by atoms with Crippen LogP contribution in [0.4, 0.5) is 5.69 Å². The van der Waals surface area contributed by atoms with E-state index in [9.17, 15) is 4.79 Å². The number of alkyl halides is 1. The fourth-order valence-electron chi connectivity index (χ4n) is 2.94. The summed E-state index contributed by atoms with van der Waals surface area (Å²) in [6.07, 6.45) is 0.914. The van der Waals surface area contributed by atoms with Crippen LogP contribution in [0.25, 0.3) is 11.1 Å². The first-order valence-electron chi connectivity index (χ1n) is 8.09. The molecule has 27 heavy (non-hydrogen) atoms. The van der Waals surface area contributed by atoms with Gasteiger partial charge in [-0.1, -0.05) is 23.7 Å². The SMILES string of the molecule is Cn1cc(-c2cccc(N3ONC4NC(Cl)CNC4O3)c2Cl)c(C(N)=O)n1. The molecule has 2 fully saturated rings. The van der Waals surface area contributed by atoms with Gasteiger partial charge in [0.2, 0.25) is 0 Å². The molecule has 2 aliphatic heterocycles. The van der Waals surface area contributed by atoms with Crippen LogP contribution in [-0.2, 0) is 16.8 Å². The zero-order valence-electron chi connectivity index (χ0n) is 14.1. The first kappa shape index (κ1) is 18.4. The van der Waals surface area contributed by atoms with Crippen molar-refractivity contribution >= 4 is 34.8 Å². The van der Waals surface area contributed by atoms with E-state index in [4.69, 9.17) is 38.7 Å². The monoisotopic (exact) mass is 413 g/mol. The van der Waals surface area contributed by atoms with E-state index in [1.807, 2.05) is 0 Å². The average molecular weight is 414 g/mol. The first-order valence-corrected chi connectivity index (χ1v) is 8.90. The normalized spacial score (nSPS) is 25.3. The van der Waals surface area contributed by atoms with Crippen LogP contribution in [0, 0.1) is 0 Å². The number of aromatic nitrogens is 2. The zero-order valence-corrected chi connectivity index (χ0v) is 15.7. The molecular weight excluding hydrogens is 397 g/mol. The summed E-state index contributed by atoms with van der Waals surface area (Å²) in [6, 6.07) is 5.23. The third-order valence-corrected chi connectivity index (χ3v) is 4.84. The second kappa shape index (κ2) is 7.24. The van der Waals surface area contributed by atoms with Crippen LogP contribution in [0.15, 0.2) is 24.4 Å². The molecule has 0 spiro atoms. The molecule has 4 rings (SSSR count). The number of nitrogens with zero attached hydrogens (tertiary/aromatic N) is 3. The molecule has 10 nitrogen and oxygen atoms in total. The molecule has 3 heterocycles. The number of carbonyl (C=O) groups excluding carboxylic acids is 1. The molecule has 2 aromatic rings. The largest absolute Gasteiger partial charge is 0.364 e. The molecule has 0 saturated carbocycles. The topological polar surface area (TPSA) is 119 Å². The number of carbonyl (C=O) groups is 1. The fourth-order valence-corrected chi connectivity index (χ4v) is 3.47. The van der Waals surface area contributed by atoms with Crippen molar-refractivity contribution in [3.05, 3.63) is 35.1 Å². The van der Waals surface area contributed by atoms with Crippen LogP contribution in [0.3, 0.4) is 0 Å². The Morgan fingerprint density at radius 2 is 2.22 bits per heavy atom. The van der Waals surface area contributed by atoms with E-state index in [1.165, 1.54) is 4.68 Å². The van der Waals surface area contributed by atoms with Gasteiger partial charge in [0.15, 0.2) is 11.9 Å². The smallest absolute Gasteiger partial charge is 0.269 e. The third kappa shape index (κ3) is 3.48. The van der Waals surface area contributed by atoms with E-state index < -0.39 is 12.1 Å². The van der Waals surface area contributed by atoms with E-state index in [0.717, 1.165) is 5.23 Å². The lowest BCUT2D eigenvalue weighted by molar-refractivity contribution is -0.244. The Kier molecular flexibility index (Phi) is 4.95. The highest BCUT2D eigenvalue weighted by molar-refractivity contribution is 6.36. The van der Waals surface area contributed by atoms with Crippen molar-refractivity contribution < 1.29 is 14.6 Å². The Hall–Kier alpha value is -1.92. The highest BCUT2D eigenvalue weighted by Gasteiger charge is 2.37. The van der Waals surface area contributed by atoms with Crippen molar-refractivity contribution in [1.29, 1.82) is 0 Å². The molecule has 1 amide bonds. The van der Waals surface area contributed by atoms with Gasteiger partial charge in [0.1, 0.15) is 11.9 Å². The van der Waals surface area contributed by atoms with Gasteiger partial charge in [0.05, 0.1) is 10.5 Å². The molecule has 2 aliphatic rings. The molecular formula is C15H17Cl2N7O3. The summed E-state index contributed by atoms with van der Waals surface area (Å²) < 4.78 is 1.50. The summed E-state index contributed by atoms with van der Waals surface area (Å²) in [6.45, 7) is 0.518. The fraction of sp³-hybridized carbons (Fsp3) is 0.333. The van der Waals surface area contributed by atoms with Crippen molar-refractivity contribution in [2.45, 2.75) is 17.9 Å². The molecule has 3 atom stereocenters. The van der Waals surface area contributed by atoms with Gasteiger partial charge in [0.25, 0.3) is 5.91 Å². The van der Waals surface area contributed by atoms with Crippen molar-refractivity contribution in [2.24, 2.45) is 12.8 Å². The number of aryl methyl sites for hydroxylation is 1. The number of nitrogens with two attached hydrogens (primary N) is 1. The summed E-state index contributed by atoms with van der Waals surface area (Å²) >= 11 is 12.6. The molecule has 2 saturated heterocycles. The van der Waals surface area contributed by atoms with Crippen molar-refractivity contribution in [2.75, 3.05) is 11.8 Å². The summed E-state index contributed by atoms with van der Waals surface area (Å²) in [5.74, 6) is -0.643. The van der Waals surface area contributed by atoms with Crippen LogP contribution in [-0.4, -0.2) is 40.1 Å². The number of nitrogens with one attached hydrogen (secondary N) is 3. The van der Waals surface area contributed by atoms with Gasteiger partial charge in [-0.3, -0.25) is 20.1 Å². The van der Waals surface area contributed by atoms with Crippen molar-refractivity contribution in [1.82, 2.24) is 25.9 Å². The lowest BCUT2D eigenvalue weighted by atomic mass is 10.1. The van der Waals surface area contributed by atoms with Gasteiger partial charge >= 0.3 is 0 Å². The minimum Gasteiger partial charge on any atom is -0.364 e. The van der Waals surface area contributed by atoms with Gasteiger partial charge in [-0.15, -0.1) is 16.8 Å². The van der Waals surface area contributed by atoms with E-state index in [1.54, 1.807) is 31.4 Å². The van der Waals surface area contributed by atoms with Crippen LogP contribution in [0.5, 0.6) is 0 Å². The molecule has 0 radical (unpaired) electrons. The second-order valence-electron chi connectivity index (χ2n) is 6.08. The minimum atomic E-state index is -0.643. The lowest BCUT2D eigenvalue weighted by Crippen LogP contribution is -2.70. The number of fused-ring (bicyclic) bond motifs is 1. The molecule has 1 aromatic heterocycles. The summed E-state index contributed by atoms with van der Waals surface area (Å²) in [7, 11) is 1.69. The summed E-state index contributed by atoms with van der Waals surface area (Å²) in [4.78, 5) is 22.9. The molecule has 1 aromatic carbocycles. The van der Waals surface area contributed by atoms with E-state index in [2.05, 4.69) is 21.2 Å². The molecule has 5 N–H and O–H groups in total. The number of amides is 1. The number of benzene rings is 1. The van der Waals surface area contributed by atoms with Crippen LogP contribution >= 0.6 is 23.2 Å². The first-order chi connectivity index (χ1) is 12.9. The van der Waals surface area contributed by atoms with E-state index in [-0.39, 0.29) is 17.4 Å². The van der Waals surface area contributed by atoms with Gasteiger partial charge in [0, 0.05) is 30.9 Å². The maximum absolute atomic E-state index is 11.7. The predicted molar refractivity (Wildman–Crippen MR) is 98.3 cm³/mol. The Morgan fingerprint density at radius 1 is 1.41 bits per heavy atom. The summed E-state index contributed by atoms with van der Waals surface area (Å²) in [5, 5.41) is 11.8. The number of hydrogen-bond donors (Lipinski definition) is 4. The maximum Gasteiger partial charge on any atom is 0.269 e. The number of hydrogen-bond acceptors (Lipinski definition) is 8. The van der Waals surface area contributed by atoms with Crippen LogP contribution in [0.1, 0.15) is 10.5 Å². The molecule has 0 aliphatic carbocycles. The van der Waals surface area contributed by atoms with Crippen LogP contribution < -0.4 is 27.1 Å². The quantitative estimate of drug-likeness (QED) is 0.422.